The van der Waals surface area contributed by atoms with Crippen LogP contribution in [0.4, 0.5) is 5.82 Å². The lowest BCUT2D eigenvalue weighted by atomic mass is 10.1. The van der Waals surface area contributed by atoms with Gasteiger partial charge in [-0.1, -0.05) is 0 Å². The van der Waals surface area contributed by atoms with Crippen molar-refractivity contribution >= 4 is 14.1 Å². The maximum absolute atomic E-state index is 11.9. The Morgan fingerprint density at radius 2 is 2.23 bits per heavy atom. The van der Waals surface area contributed by atoms with Gasteiger partial charge in [-0.05, 0) is 13.0 Å². The summed E-state index contributed by atoms with van der Waals surface area (Å²) in [6.07, 6.45) is -3.51. The van der Waals surface area contributed by atoms with Gasteiger partial charge >= 0.3 is 13.9 Å². The van der Waals surface area contributed by atoms with Gasteiger partial charge < -0.3 is 20.3 Å². The third-order valence-electron chi connectivity index (χ3n) is 3.31. The zero-order chi connectivity index (χ0) is 16.4. The minimum Gasteiger partial charge on any atom is -0.391 e. The Bertz CT molecular complexity index is 608. The van der Waals surface area contributed by atoms with Crippen molar-refractivity contribution in [2.24, 2.45) is 0 Å². The van der Waals surface area contributed by atoms with E-state index in [-0.39, 0.29) is 5.82 Å². The first-order valence-electron chi connectivity index (χ1n) is 6.39. The van der Waals surface area contributed by atoms with Crippen molar-refractivity contribution < 1.29 is 28.6 Å². The molecule has 122 valence electrons. The zero-order valence-electron chi connectivity index (χ0n) is 11.9. The maximum Gasteiger partial charge on any atom is 0.695 e. The van der Waals surface area contributed by atoms with Crippen LogP contribution >= 0.6 is 8.25 Å². The van der Waals surface area contributed by atoms with Crippen molar-refractivity contribution in [3.8, 4) is 0 Å². The van der Waals surface area contributed by atoms with E-state index >= 15 is 0 Å². The average Bonchev–Trinajstić information content (AvgIpc) is 2.76. The predicted octanol–water partition coefficient (Wildman–Crippen LogP) is -0.846. The third kappa shape index (κ3) is 3.32. The van der Waals surface area contributed by atoms with Gasteiger partial charge in [0.1, 0.15) is 18.0 Å². The van der Waals surface area contributed by atoms with E-state index in [1.165, 1.54) is 26.3 Å². The number of rotatable bonds is 5. The van der Waals surface area contributed by atoms with Gasteiger partial charge in [-0.3, -0.25) is 4.57 Å². The lowest BCUT2D eigenvalue weighted by molar-refractivity contribution is -0.0816. The molecule has 1 aliphatic heterocycles. The van der Waals surface area contributed by atoms with Crippen LogP contribution in [0.1, 0.15) is 13.2 Å². The molecule has 0 bridgehead atoms. The Morgan fingerprint density at radius 3 is 2.73 bits per heavy atom. The van der Waals surface area contributed by atoms with Crippen molar-refractivity contribution in [1.82, 2.24) is 9.55 Å². The van der Waals surface area contributed by atoms with E-state index in [0.29, 0.717) is 0 Å². The highest BCUT2D eigenvalue weighted by Gasteiger charge is 2.52. The Hall–Kier alpha value is -1.42. The second-order valence-electron chi connectivity index (χ2n) is 4.78. The van der Waals surface area contributed by atoms with Crippen molar-refractivity contribution in [3.63, 3.8) is 0 Å². The standard InChI is InChI=1S/C11H16N3O7P/c1-5(15)7-8(21-22(17)18)9(19-2)10(20-7)14-4-3-6(12)13-11(14)16/h3-5,7-10,15H,1-2H3,(H2-,12,13,16,17,18)/p+1/t5-,7?,8?,9?,10?/m1/s1. The molecular formula is C11H17N3O7P+. The van der Waals surface area contributed by atoms with Crippen LogP contribution in [0.15, 0.2) is 17.1 Å². The summed E-state index contributed by atoms with van der Waals surface area (Å²) in [6, 6.07) is 1.40. The molecule has 0 spiro atoms. The number of aliphatic hydroxyl groups is 1. The lowest BCUT2D eigenvalue weighted by Gasteiger charge is -2.19. The van der Waals surface area contributed by atoms with Crippen LogP contribution < -0.4 is 11.4 Å². The third-order valence-corrected chi connectivity index (χ3v) is 3.73. The van der Waals surface area contributed by atoms with E-state index in [9.17, 15) is 14.5 Å². The summed E-state index contributed by atoms with van der Waals surface area (Å²) >= 11 is 0. The molecule has 2 rings (SSSR count). The predicted molar refractivity (Wildman–Crippen MR) is 74.0 cm³/mol. The van der Waals surface area contributed by atoms with Gasteiger partial charge in [0.15, 0.2) is 12.3 Å². The highest BCUT2D eigenvalue weighted by Crippen LogP contribution is 2.38. The fourth-order valence-corrected chi connectivity index (χ4v) is 2.82. The highest BCUT2D eigenvalue weighted by atomic mass is 31.1. The molecule has 22 heavy (non-hydrogen) atoms. The van der Waals surface area contributed by atoms with E-state index in [0.717, 1.165) is 4.57 Å². The molecule has 0 radical (unpaired) electrons. The highest BCUT2D eigenvalue weighted by molar-refractivity contribution is 7.32. The quantitative estimate of drug-likeness (QED) is 0.586. The second-order valence-corrected chi connectivity index (χ2v) is 5.47. The minimum absolute atomic E-state index is 0.0477. The molecule has 0 aromatic carbocycles. The van der Waals surface area contributed by atoms with Crippen LogP contribution in [-0.4, -0.2) is 51.1 Å². The van der Waals surface area contributed by atoms with Crippen LogP contribution in [0.25, 0.3) is 0 Å². The molecule has 1 aromatic rings. The monoisotopic (exact) mass is 334 g/mol. The molecule has 0 aliphatic carbocycles. The Labute approximate surface area is 126 Å². The summed E-state index contributed by atoms with van der Waals surface area (Å²) in [5.74, 6) is 0.0477. The summed E-state index contributed by atoms with van der Waals surface area (Å²) in [7, 11) is -1.60. The van der Waals surface area contributed by atoms with E-state index < -0.39 is 44.6 Å². The summed E-state index contributed by atoms with van der Waals surface area (Å²) < 4.78 is 27.8. The van der Waals surface area contributed by atoms with Crippen molar-refractivity contribution in [3.05, 3.63) is 22.7 Å². The maximum atomic E-state index is 11.9. The Balaban J connectivity index is 2.39. The largest absolute Gasteiger partial charge is 0.695 e. The molecule has 10 nitrogen and oxygen atoms in total. The molecule has 1 aliphatic rings. The summed E-state index contributed by atoms with van der Waals surface area (Å²) in [5.41, 5.74) is 4.75. The molecule has 1 aromatic heterocycles. The first-order chi connectivity index (χ1) is 10.3. The zero-order valence-corrected chi connectivity index (χ0v) is 12.8. The van der Waals surface area contributed by atoms with Crippen LogP contribution in [0.5, 0.6) is 0 Å². The Morgan fingerprint density at radius 1 is 1.55 bits per heavy atom. The van der Waals surface area contributed by atoms with Crippen LogP contribution in [0.2, 0.25) is 0 Å². The molecule has 11 heteroatoms. The fraction of sp³-hybridized carbons (Fsp3) is 0.636. The number of methoxy groups -OCH3 is 1. The average molecular weight is 334 g/mol. The van der Waals surface area contributed by atoms with Gasteiger partial charge in [0.2, 0.25) is 0 Å². The molecule has 5 unspecified atom stereocenters. The second kappa shape index (κ2) is 6.78. The van der Waals surface area contributed by atoms with E-state index in [2.05, 4.69) is 4.98 Å². The first kappa shape index (κ1) is 16.9. The van der Waals surface area contributed by atoms with Crippen LogP contribution in [0, 0.1) is 0 Å². The smallest absolute Gasteiger partial charge is 0.391 e. The number of aliphatic hydroxyl groups excluding tert-OH is 1. The summed E-state index contributed by atoms with van der Waals surface area (Å²) in [4.78, 5) is 24.5. The molecule has 0 amide bonds. The molecule has 1 saturated heterocycles. The molecule has 2 heterocycles. The molecule has 1 fully saturated rings. The summed E-state index contributed by atoms with van der Waals surface area (Å²) in [5, 5.41) is 9.77. The number of hydrogen-bond acceptors (Lipinski definition) is 8. The van der Waals surface area contributed by atoms with Crippen molar-refractivity contribution in [1.29, 1.82) is 0 Å². The van der Waals surface area contributed by atoms with E-state index in [1.807, 2.05) is 0 Å². The molecule has 0 saturated carbocycles. The number of aromatic nitrogens is 2. The van der Waals surface area contributed by atoms with Gasteiger partial charge in [0.25, 0.3) is 0 Å². The summed E-state index contributed by atoms with van der Waals surface area (Å²) in [6.45, 7) is 1.44. The van der Waals surface area contributed by atoms with Crippen LogP contribution in [-0.2, 0) is 18.6 Å². The number of anilines is 1. The van der Waals surface area contributed by atoms with Gasteiger partial charge in [-0.25, -0.2) is 4.79 Å². The molecular weight excluding hydrogens is 317 g/mol. The van der Waals surface area contributed by atoms with Crippen molar-refractivity contribution in [2.75, 3.05) is 12.8 Å². The van der Waals surface area contributed by atoms with E-state index in [4.69, 9.17) is 24.6 Å². The topological polar surface area (TPSA) is 146 Å². The number of nitrogens with two attached hydrogens (primary N) is 1. The fourth-order valence-electron chi connectivity index (χ4n) is 2.37. The molecule has 6 atom stereocenters. The van der Waals surface area contributed by atoms with Gasteiger partial charge in [-0.15, -0.1) is 9.42 Å². The van der Waals surface area contributed by atoms with Gasteiger partial charge in [-0.2, -0.15) is 4.98 Å². The lowest BCUT2D eigenvalue weighted by Crippen LogP contribution is -2.40. The van der Waals surface area contributed by atoms with Crippen molar-refractivity contribution in [2.45, 2.75) is 37.6 Å². The van der Waals surface area contributed by atoms with Crippen LogP contribution in [0.3, 0.4) is 0 Å². The number of nitrogens with zero attached hydrogens (tertiary/aromatic N) is 2. The molecule has 4 N–H and O–H groups in total. The SMILES string of the molecule is COC1C(O[P+](=O)O)C([C@@H](C)O)OC1n1ccc(N)nc1=O. The minimum atomic E-state index is -2.94. The number of nitrogen functional groups attached to an aromatic ring is 1. The number of hydrogen-bond donors (Lipinski definition) is 3. The van der Waals surface area contributed by atoms with Gasteiger partial charge in [0.05, 0.1) is 6.10 Å². The first-order valence-corrected chi connectivity index (χ1v) is 7.52. The Kier molecular flexibility index (Phi) is 5.22. The van der Waals surface area contributed by atoms with E-state index in [1.54, 1.807) is 0 Å². The number of ether oxygens (including phenoxy) is 2. The van der Waals surface area contributed by atoms with Gasteiger partial charge in [0, 0.05) is 17.9 Å². The normalized spacial score (nSPS) is 30.3.